The van der Waals surface area contributed by atoms with E-state index in [9.17, 15) is 39.9 Å². The zero-order valence-corrected chi connectivity index (χ0v) is 17.6. The van der Waals surface area contributed by atoms with Crippen molar-refractivity contribution in [2.24, 2.45) is 17.6 Å². The van der Waals surface area contributed by atoms with Crippen molar-refractivity contribution in [1.29, 1.82) is 0 Å². The van der Waals surface area contributed by atoms with Crippen molar-refractivity contribution in [3.63, 3.8) is 0 Å². The summed E-state index contributed by atoms with van der Waals surface area (Å²) in [4.78, 5) is 40.0. The molecule has 0 saturated heterocycles. The van der Waals surface area contributed by atoms with Crippen LogP contribution in [0.25, 0.3) is 5.76 Å². The largest absolute Gasteiger partial charge is 0.508 e. The van der Waals surface area contributed by atoms with Crippen LogP contribution in [-0.2, 0) is 14.4 Å². The first-order valence-electron chi connectivity index (χ1n) is 10.0. The average molecular weight is 444 g/mol. The van der Waals surface area contributed by atoms with Gasteiger partial charge in [-0.3, -0.25) is 19.3 Å². The molecular formula is C22H24N2O8. The van der Waals surface area contributed by atoms with Gasteiger partial charge >= 0.3 is 0 Å². The number of fused-ring (bicyclic) bond motifs is 3. The number of phenols is 1. The van der Waals surface area contributed by atoms with Crippen LogP contribution in [0.5, 0.6) is 5.75 Å². The molecule has 0 spiro atoms. The highest BCUT2D eigenvalue weighted by molar-refractivity contribution is 6.24. The van der Waals surface area contributed by atoms with Crippen molar-refractivity contribution in [3.05, 3.63) is 46.2 Å². The van der Waals surface area contributed by atoms with E-state index in [4.69, 9.17) is 5.73 Å². The number of carbonyl (C=O) groups is 3. The molecule has 10 nitrogen and oxygen atoms in total. The average Bonchev–Trinajstić information content (AvgIpc) is 2.70. The molecule has 10 heteroatoms. The highest BCUT2D eigenvalue weighted by Gasteiger charge is 2.68. The summed E-state index contributed by atoms with van der Waals surface area (Å²) in [6, 6.07) is 3.13. The number of likely N-dealkylation sites (N-methyl/N-ethyl adjacent to an activating group) is 1. The van der Waals surface area contributed by atoms with Gasteiger partial charge in [-0.05, 0) is 31.6 Å². The van der Waals surface area contributed by atoms with Crippen molar-refractivity contribution in [2.45, 2.75) is 30.6 Å². The van der Waals surface area contributed by atoms with Gasteiger partial charge in [0.2, 0.25) is 5.78 Å². The van der Waals surface area contributed by atoms with Crippen LogP contribution in [0.15, 0.2) is 35.1 Å². The number of benzene rings is 1. The Bertz CT molecular complexity index is 1140. The smallest absolute Gasteiger partial charge is 0.255 e. The maximum Gasteiger partial charge on any atom is 0.255 e. The Morgan fingerprint density at radius 3 is 2.34 bits per heavy atom. The number of Topliss-reactive ketones (excluding diaryl/α,β-unsaturated/α-hetero) is 2. The van der Waals surface area contributed by atoms with E-state index in [-0.39, 0.29) is 11.3 Å². The molecule has 4 rings (SSSR count). The lowest BCUT2D eigenvalue weighted by atomic mass is 9.54. The fourth-order valence-electron chi connectivity index (χ4n) is 5.58. The Kier molecular flexibility index (Phi) is 4.74. The van der Waals surface area contributed by atoms with Gasteiger partial charge in [0.05, 0.1) is 23.6 Å². The lowest BCUT2D eigenvalue weighted by Gasteiger charge is -2.53. The summed E-state index contributed by atoms with van der Waals surface area (Å²) < 4.78 is 0. The summed E-state index contributed by atoms with van der Waals surface area (Å²) in [6.07, 6.45) is -1.59. The van der Waals surface area contributed by atoms with Gasteiger partial charge < -0.3 is 31.3 Å². The number of aromatic hydroxyl groups is 1. The zero-order valence-electron chi connectivity index (χ0n) is 17.6. The van der Waals surface area contributed by atoms with E-state index < -0.39 is 75.6 Å². The van der Waals surface area contributed by atoms with E-state index in [2.05, 4.69) is 0 Å². The number of nitrogens with zero attached hydrogens (tertiary/aromatic N) is 1. The van der Waals surface area contributed by atoms with Crippen LogP contribution < -0.4 is 5.73 Å². The molecule has 7 N–H and O–H groups in total. The van der Waals surface area contributed by atoms with Crippen LogP contribution in [0, 0.1) is 11.8 Å². The van der Waals surface area contributed by atoms with Crippen molar-refractivity contribution < 1.29 is 39.9 Å². The second-order valence-corrected chi connectivity index (χ2v) is 8.79. The molecule has 1 amide bonds. The first-order chi connectivity index (χ1) is 14.9. The number of hydrogen-bond donors (Lipinski definition) is 6. The Hall–Kier alpha value is -3.21. The maximum atomic E-state index is 13.7. The van der Waals surface area contributed by atoms with Crippen LogP contribution in [0.4, 0.5) is 0 Å². The summed E-state index contributed by atoms with van der Waals surface area (Å²) in [5.74, 6) is -8.87. The van der Waals surface area contributed by atoms with Crippen LogP contribution in [0.2, 0.25) is 0 Å². The van der Waals surface area contributed by atoms with E-state index in [1.165, 1.54) is 25.1 Å². The number of hydrogen-bond acceptors (Lipinski definition) is 9. The number of aliphatic hydroxyl groups is 4. The van der Waals surface area contributed by atoms with Crippen LogP contribution >= 0.6 is 0 Å². The molecule has 1 aromatic carbocycles. The Balaban J connectivity index is 2.07. The number of rotatable bonds is 2. The number of amides is 1. The Morgan fingerprint density at radius 1 is 1.16 bits per heavy atom. The van der Waals surface area contributed by atoms with Crippen molar-refractivity contribution in [3.8, 4) is 5.75 Å². The summed E-state index contributed by atoms with van der Waals surface area (Å²) >= 11 is 0. The Morgan fingerprint density at radius 2 is 1.78 bits per heavy atom. The van der Waals surface area contributed by atoms with E-state index in [1.807, 2.05) is 0 Å². The van der Waals surface area contributed by atoms with E-state index in [0.29, 0.717) is 5.56 Å². The third-order valence-corrected chi connectivity index (χ3v) is 6.99. The number of nitrogens with two attached hydrogens (primary N) is 1. The van der Waals surface area contributed by atoms with Crippen molar-refractivity contribution in [1.82, 2.24) is 4.90 Å². The van der Waals surface area contributed by atoms with E-state index in [0.717, 1.165) is 0 Å². The maximum absolute atomic E-state index is 13.7. The fraction of sp³-hybridized carbons (Fsp3) is 0.409. The predicted octanol–water partition coefficient (Wildman–Crippen LogP) is -0.504. The zero-order chi connectivity index (χ0) is 23.9. The molecule has 3 aliphatic carbocycles. The van der Waals surface area contributed by atoms with Crippen LogP contribution in [-0.4, -0.2) is 79.7 Å². The van der Waals surface area contributed by atoms with Crippen molar-refractivity contribution >= 4 is 23.2 Å². The Labute approximate surface area is 182 Å². The number of phenolic OH excluding ortho intramolecular Hbond substituents is 1. The second kappa shape index (κ2) is 6.89. The van der Waals surface area contributed by atoms with Gasteiger partial charge in [-0.15, -0.1) is 0 Å². The van der Waals surface area contributed by atoms with Gasteiger partial charge in [0.1, 0.15) is 22.8 Å². The third kappa shape index (κ3) is 2.48. The third-order valence-electron chi connectivity index (χ3n) is 6.99. The lowest BCUT2D eigenvalue weighted by molar-refractivity contribution is -0.169. The topological polar surface area (TPSA) is 182 Å². The molecule has 1 aromatic rings. The molecule has 0 aromatic heterocycles. The first-order valence-corrected chi connectivity index (χ1v) is 10.0. The minimum atomic E-state index is -2.89. The summed E-state index contributed by atoms with van der Waals surface area (Å²) in [5, 5.41) is 54.9. The monoisotopic (exact) mass is 444 g/mol. The molecule has 3 aliphatic rings. The van der Waals surface area contributed by atoms with Crippen LogP contribution in [0.1, 0.15) is 24.0 Å². The molecule has 32 heavy (non-hydrogen) atoms. The minimum absolute atomic E-state index is 0.0245. The predicted molar refractivity (Wildman–Crippen MR) is 110 cm³/mol. The van der Waals surface area contributed by atoms with Gasteiger partial charge in [0.15, 0.2) is 11.4 Å². The summed E-state index contributed by atoms with van der Waals surface area (Å²) in [7, 11) is 2.92. The highest BCUT2D eigenvalue weighted by atomic mass is 16.4. The molecule has 0 bridgehead atoms. The molecule has 0 radical (unpaired) electrons. The first kappa shape index (κ1) is 22.0. The second-order valence-electron chi connectivity index (χ2n) is 8.79. The number of ketones is 2. The van der Waals surface area contributed by atoms with E-state index in [1.54, 1.807) is 19.1 Å². The summed E-state index contributed by atoms with van der Waals surface area (Å²) in [5.41, 5.74) is 1.47. The fourth-order valence-corrected chi connectivity index (χ4v) is 5.58. The molecule has 0 unspecified atom stereocenters. The minimum Gasteiger partial charge on any atom is -0.508 e. The van der Waals surface area contributed by atoms with Crippen LogP contribution in [0.3, 0.4) is 0 Å². The van der Waals surface area contributed by atoms with Gasteiger partial charge in [-0.1, -0.05) is 19.1 Å². The number of carbonyl (C=O) groups excluding carboxylic acids is 3. The molecule has 1 saturated carbocycles. The molecule has 0 heterocycles. The van der Waals surface area contributed by atoms with Gasteiger partial charge in [0.25, 0.3) is 5.91 Å². The van der Waals surface area contributed by atoms with Crippen molar-refractivity contribution in [2.75, 3.05) is 14.1 Å². The molecule has 170 valence electrons. The number of primary amides is 1. The highest BCUT2D eigenvalue weighted by Crippen LogP contribution is 2.55. The molecule has 6 atom stereocenters. The van der Waals surface area contributed by atoms with Gasteiger partial charge in [-0.2, -0.15) is 0 Å². The van der Waals surface area contributed by atoms with Gasteiger partial charge in [-0.25, -0.2) is 0 Å². The number of aliphatic hydroxyl groups excluding tert-OH is 3. The van der Waals surface area contributed by atoms with E-state index >= 15 is 0 Å². The lowest BCUT2D eigenvalue weighted by Crippen LogP contribution is -2.70. The standard InChI is InChI=1S/C22H24N2O8/c1-7-8-5-4-6-9(25)11(8)16(26)12-10(7)17(27)14-15(24(2)3)18(28)13(21(23)31)20(30)22(14,32)19(12)29/h4-7,10,14-15,17,25-27,30,32H,1-3H3,(H2,23,31)/t7-,10-,14-,15+,17+,22+/m1/s1. The molecular weight excluding hydrogens is 420 g/mol. The van der Waals surface area contributed by atoms with Gasteiger partial charge in [0, 0.05) is 11.5 Å². The normalized spacial score (nSPS) is 34.4. The summed E-state index contributed by atoms with van der Waals surface area (Å²) in [6.45, 7) is 1.68. The molecule has 1 fully saturated rings. The molecule has 0 aliphatic heterocycles. The quantitative estimate of drug-likeness (QED) is 0.327. The SMILES string of the molecule is C[C@@H]1c2cccc(O)c2C(O)=C2C(=O)[C@]3(O)C(O)=C(C(N)=O)C(=O)[C@@H](N(C)C)[C@@H]3[C@@H](O)[C@@H]21.